The fourth-order valence-electron chi connectivity index (χ4n) is 6.88. The number of amides is 1. The molecule has 0 aromatic heterocycles. The van der Waals surface area contributed by atoms with Gasteiger partial charge in [0.05, 0.1) is 16.9 Å². The van der Waals surface area contributed by atoms with Gasteiger partial charge in [0.1, 0.15) is 11.5 Å². The van der Waals surface area contributed by atoms with E-state index in [1.807, 2.05) is 17.1 Å². The molecule has 1 N–H and O–H groups in total. The SMILES string of the molecule is O=C(c1ccccc1)[C@@H]1[C@@H](C(=O)c2cccc([N+](=O)[O-])c2)[C@]2(C(=O)Nc3ccccc32)[C@H]2C=Cc3cc(Cl)ccc3N12. The molecule has 0 unspecified atom stereocenters. The second-order valence-electron chi connectivity index (χ2n) is 10.6. The summed E-state index contributed by atoms with van der Waals surface area (Å²) in [5.41, 5.74) is 1.22. The molecule has 1 fully saturated rings. The molecule has 4 aromatic carbocycles. The van der Waals surface area contributed by atoms with Gasteiger partial charge in [0.25, 0.3) is 5.69 Å². The quantitative estimate of drug-likeness (QED) is 0.175. The van der Waals surface area contributed by atoms with Gasteiger partial charge in [-0.2, -0.15) is 0 Å². The average molecular weight is 576 g/mol. The van der Waals surface area contributed by atoms with Crippen molar-refractivity contribution in [3.63, 3.8) is 0 Å². The number of nitrogens with one attached hydrogen (secondary N) is 1. The molecular weight excluding hydrogens is 554 g/mol. The van der Waals surface area contributed by atoms with Crippen LogP contribution in [-0.4, -0.2) is 34.5 Å². The van der Waals surface area contributed by atoms with Crippen molar-refractivity contribution in [2.45, 2.75) is 17.5 Å². The van der Waals surface area contributed by atoms with Gasteiger partial charge in [-0.3, -0.25) is 24.5 Å². The molecule has 3 aliphatic heterocycles. The normalized spacial score (nSPS) is 23.2. The lowest BCUT2D eigenvalue weighted by Gasteiger charge is -2.37. The average Bonchev–Trinajstić information content (AvgIpc) is 3.49. The minimum Gasteiger partial charge on any atom is -0.352 e. The Labute approximate surface area is 245 Å². The molecule has 9 heteroatoms. The number of hydrogen-bond donors (Lipinski definition) is 1. The first-order valence-electron chi connectivity index (χ1n) is 13.4. The standard InChI is InChI=1S/C33H22ClN3O5/c34-22-14-15-26-20(17-22)13-16-27-33(24-11-4-5-12-25(24)35-32(33)40)28(30(38)21-9-6-10-23(18-21)37(41)42)29(36(26)27)31(39)19-7-2-1-3-8-19/h1-18,27-29H,(H,35,40)/t27-,28+,29+,33-/m1/s1. The molecule has 4 aromatic rings. The molecule has 1 amide bonds. The van der Waals surface area contributed by atoms with Crippen LogP contribution in [0.3, 0.4) is 0 Å². The summed E-state index contributed by atoms with van der Waals surface area (Å²) < 4.78 is 0. The first kappa shape index (κ1) is 25.9. The smallest absolute Gasteiger partial charge is 0.270 e. The maximum atomic E-state index is 14.8. The number of non-ortho nitro benzene ring substituents is 1. The van der Waals surface area contributed by atoms with E-state index in [2.05, 4.69) is 5.32 Å². The molecule has 0 aliphatic carbocycles. The second-order valence-corrected chi connectivity index (χ2v) is 11.0. The Bertz CT molecular complexity index is 1860. The predicted octanol–water partition coefficient (Wildman–Crippen LogP) is 6.10. The van der Waals surface area contributed by atoms with E-state index in [0.29, 0.717) is 27.5 Å². The molecule has 42 heavy (non-hydrogen) atoms. The summed E-state index contributed by atoms with van der Waals surface area (Å²) in [6.45, 7) is 0. The molecule has 0 radical (unpaired) electrons. The third-order valence-corrected chi connectivity index (χ3v) is 8.78. The molecular formula is C33H22ClN3O5. The molecule has 1 saturated heterocycles. The summed E-state index contributed by atoms with van der Waals surface area (Å²) in [6, 6.07) is 24.7. The highest BCUT2D eigenvalue weighted by Gasteiger charge is 2.70. The summed E-state index contributed by atoms with van der Waals surface area (Å²) in [5, 5.41) is 15.1. The van der Waals surface area contributed by atoms with Crippen molar-refractivity contribution in [2.75, 3.05) is 10.2 Å². The van der Waals surface area contributed by atoms with Crippen LogP contribution >= 0.6 is 11.6 Å². The number of nitro benzene ring substituents is 1. The largest absolute Gasteiger partial charge is 0.352 e. The number of nitrogens with zero attached hydrogens (tertiary/aromatic N) is 2. The maximum Gasteiger partial charge on any atom is 0.270 e. The van der Waals surface area contributed by atoms with E-state index in [9.17, 15) is 24.5 Å². The highest BCUT2D eigenvalue weighted by Crippen LogP contribution is 2.58. The van der Waals surface area contributed by atoms with Crippen LogP contribution in [-0.2, 0) is 10.2 Å². The number of Topliss-reactive ketones (excluding diaryl/α,β-unsaturated/α-hetero) is 2. The van der Waals surface area contributed by atoms with Crippen molar-refractivity contribution in [3.05, 3.63) is 141 Å². The molecule has 3 heterocycles. The van der Waals surface area contributed by atoms with E-state index in [-0.39, 0.29) is 17.0 Å². The molecule has 0 saturated carbocycles. The Morgan fingerprint density at radius 3 is 2.40 bits per heavy atom. The van der Waals surface area contributed by atoms with Crippen LogP contribution in [0.15, 0.2) is 103 Å². The van der Waals surface area contributed by atoms with E-state index < -0.39 is 40.0 Å². The lowest BCUT2D eigenvalue weighted by Crippen LogP contribution is -2.51. The number of rotatable bonds is 5. The van der Waals surface area contributed by atoms with Gasteiger partial charge >= 0.3 is 0 Å². The Kier molecular flexibility index (Phi) is 5.85. The first-order valence-corrected chi connectivity index (χ1v) is 13.7. The van der Waals surface area contributed by atoms with Crippen molar-refractivity contribution >= 4 is 52.2 Å². The Morgan fingerprint density at radius 1 is 0.881 bits per heavy atom. The van der Waals surface area contributed by atoms with Crippen LogP contribution in [0.1, 0.15) is 31.8 Å². The van der Waals surface area contributed by atoms with Gasteiger partial charge in [-0.15, -0.1) is 0 Å². The Morgan fingerprint density at radius 2 is 1.62 bits per heavy atom. The molecule has 3 aliphatic rings. The van der Waals surface area contributed by atoms with Crippen molar-refractivity contribution < 1.29 is 19.3 Å². The van der Waals surface area contributed by atoms with Gasteiger partial charge in [-0.25, -0.2) is 0 Å². The molecule has 206 valence electrons. The fraction of sp³-hybridized carbons (Fsp3) is 0.121. The molecule has 8 nitrogen and oxygen atoms in total. The minimum absolute atomic E-state index is 0.0526. The molecule has 1 spiro atoms. The van der Waals surface area contributed by atoms with Gasteiger partial charge in [0.15, 0.2) is 11.6 Å². The summed E-state index contributed by atoms with van der Waals surface area (Å²) in [5.74, 6) is -2.51. The number of carbonyl (C=O) groups excluding carboxylic acids is 3. The highest BCUT2D eigenvalue weighted by molar-refractivity contribution is 6.31. The number of ketones is 2. The lowest BCUT2D eigenvalue weighted by atomic mass is 9.64. The third kappa shape index (κ3) is 3.58. The zero-order chi connectivity index (χ0) is 29.2. The van der Waals surface area contributed by atoms with Crippen LogP contribution in [0.5, 0.6) is 0 Å². The zero-order valence-corrected chi connectivity index (χ0v) is 22.7. The summed E-state index contributed by atoms with van der Waals surface area (Å²) in [6.07, 6.45) is 3.72. The number of anilines is 2. The van der Waals surface area contributed by atoms with Crippen LogP contribution in [0, 0.1) is 16.0 Å². The second kappa shape index (κ2) is 9.49. The summed E-state index contributed by atoms with van der Waals surface area (Å²) in [4.78, 5) is 56.6. The van der Waals surface area contributed by atoms with Crippen molar-refractivity contribution in [3.8, 4) is 0 Å². The van der Waals surface area contributed by atoms with Crippen LogP contribution < -0.4 is 10.2 Å². The Balaban J connectivity index is 1.54. The number of benzene rings is 4. The van der Waals surface area contributed by atoms with Crippen molar-refractivity contribution in [1.82, 2.24) is 0 Å². The zero-order valence-electron chi connectivity index (χ0n) is 21.9. The summed E-state index contributed by atoms with van der Waals surface area (Å²) in [7, 11) is 0. The highest BCUT2D eigenvalue weighted by atomic mass is 35.5. The number of nitro groups is 1. The van der Waals surface area contributed by atoms with Gasteiger partial charge in [-0.1, -0.05) is 84.4 Å². The lowest BCUT2D eigenvalue weighted by molar-refractivity contribution is -0.384. The number of para-hydroxylation sites is 1. The monoisotopic (exact) mass is 575 g/mol. The predicted molar refractivity (Wildman–Crippen MR) is 159 cm³/mol. The maximum absolute atomic E-state index is 14.8. The van der Waals surface area contributed by atoms with Crippen LogP contribution in [0.25, 0.3) is 6.08 Å². The number of carbonyl (C=O) groups is 3. The van der Waals surface area contributed by atoms with Gasteiger partial charge < -0.3 is 10.2 Å². The van der Waals surface area contributed by atoms with Crippen molar-refractivity contribution in [2.24, 2.45) is 5.92 Å². The molecule has 0 bridgehead atoms. The Hall–Kier alpha value is -5.08. The van der Waals surface area contributed by atoms with Gasteiger partial charge in [-0.05, 0) is 35.4 Å². The first-order chi connectivity index (χ1) is 20.3. The fourth-order valence-corrected chi connectivity index (χ4v) is 7.06. The third-order valence-electron chi connectivity index (χ3n) is 8.55. The van der Waals surface area contributed by atoms with E-state index in [0.717, 1.165) is 5.56 Å². The van der Waals surface area contributed by atoms with Crippen LogP contribution in [0.2, 0.25) is 5.02 Å². The van der Waals surface area contributed by atoms with Crippen molar-refractivity contribution in [1.29, 1.82) is 0 Å². The molecule has 4 atom stereocenters. The topological polar surface area (TPSA) is 110 Å². The number of fused-ring (bicyclic) bond motifs is 6. The minimum atomic E-state index is -1.51. The van der Waals surface area contributed by atoms with Gasteiger partial charge in [0.2, 0.25) is 5.91 Å². The van der Waals surface area contributed by atoms with E-state index in [1.165, 1.54) is 24.3 Å². The molecule has 7 rings (SSSR count). The number of hydrogen-bond acceptors (Lipinski definition) is 6. The summed E-state index contributed by atoms with van der Waals surface area (Å²) >= 11 is 6.33. The van der Waals surface area contributed by atoms with E-state index in [4.69, 9.17) is 11.6 Å². The van der Waals surface area contributed by atoms with Crippen LogP contribution in [0.4, 0.5) is 17.1 Å². The van der Waals surface area contributed by atoms with E-state index in [1.54, 1.807) is 72.8 Å². The van der Waals surface area contributed by atoms with Gasteiger partial charge in [0, 0.05) is 39.7 Å². The van der Waals surface area contributed by atoms with E-state index >= 15 is 0 Å². The number of halogens is 1.